The van der Waals surface area contributed by atoms with Crippen molar-refractivity contribution < 1.29 is 14.6 Å². The first kappa shape index (κ1) is 5.73. The van der Waals surface area contributed by atoms with Gasteiger partial charge in [-0.2, -0.15) is 0 Å². The van der Waals surface area contributed by atoms with Crippen LogP contribution in [0.2, 0.25) is 0 Å². The van der Waals surface area contributed by atoms with Gasteiger partial charge in [0.15, 0.2) is 0 Å². The zero-order chi connectivity index (χ0) is 7.14. The molecule has 0 radical (unpaired) electrons. The first-order chi connectivity index (χ1) is 4.77. The van der Waals surface area contributed by atoms with E-state index in [1.54, 1.807) is 0 Å². The van der Waals surface area contributed by atoms with Crippen LogP contribution in [0, 0.1) is 0 Å². The van der Waals surface area contributed by atoms with E-state index in [1.807, 2.05) is 0 Å². The number of aliphatic hydroxyl groups excluding tert-OH is 1. The molecule has 2 rings (SSSR count). The molecular weight excluding hydrogens is 134 g/mol. The minimum absolute atomic E-state index is 0.0104. The fraction of sp³-hybridized carbons (Fsp3) is 0.500. The van der Waals surface area contributed by atoms with Crippen LogP contribution in [0.3, 0.4) is 0 Å². The van der Waals surface area contributed by atoms with Crippen LogP contribution in [0.1, 0.15) is 6.42 Å². The quantitative estimate of drug-likeness (QED) is 0.482. The number of hydrogen-bond donors (Lipinski definition) is 1. The van der Waals surface area contributed by atoms with Crippen LogP contribution in [0.15, 0.2) is 12.0 Å². The van der Waals surface area contributed by atoms with Crippen molar-refractivity contribution in [3.63, 3.8) is 0 Å². The van der Waals surface area contributed by atoms with Gasteiger partial charge in [0.1, 0.15) is 18.6 Å². The van der Waals surface area contributed by atoms with Crippen molar-refractivity contribution in [2.24, 2.45) is 0 Å². The zero-order valence-electron chi connectivity index (χ0n) is 5.28. The van der Waals surface area contributed by atoms with Crippen LogP contribution in [-0.2, 0) is 9.53 Å². The third kappa shape index (κ3) is 0.623. The minimum atomic E-state index is -0.108. The van der Waals surface area contributed by atoms with Gasteiger partial charge in [-0.05, 0) is 0 Å². The third-order valence-corrected chi connectivity index (χ3v) is 1.66. The first-order valence-electron chi connectivity index (χ1n) is 3.10. The number of hydrogen-bond acceptors (Lipinski definition) is 3. The highest BCUT2D eigenvalue weighted by Crippen LogP contribution is 2.24. The molecule has 0 bridgehead atoms. The number of carbonyl (C=O) groups excluding carboxylic acids is 1. The molecule has 4 heteroatoms. The van der Waals surface area contributed by atoms with Gasteiger partial charge in [0.2, 0.25) is 5.91 Å². The van der Waals surface area contributed by atoms with E-state index in [0.29, 0.717) is 6.42 Å². The number of fused-ring (bicyclic) bond motifs is 1. The van der Waals surface area contributed by atoms with E-state index in [4.69, 9.17) is 9.84 Å². The Kier molecular flexibility index (Phi) is 0.990. The van der Waals surface area contributed by atoms with E-state index in [-0.39, 0.29) is 24.5 Å². The van der Waals surface area contributed by atoms with Gasteiger partial charge in [0.25, 0.3) is 0 Å². The van der Waals surface area contributed by atoms with Crippen molar-refractivity contribution in [1.29, 1.82) is 0 Å². The van der Waals surface area contributed by atoms with E-state index in [2.05, 4.69) is 0 Å². The Labute approximate surface area is 57.7 Å². The lowest BCUT2D eigenvalue weighted by Gasteiger charge is -2.39. The molecule has 2 heterocycles. The highest BCUT2D eigenvalue weighted by atomic mass is 16.5. The maximum atomic E-state index is 10.7. The van der Waals surface area contributed by atoms with Gasteiger partial charge in [0, 0.05) is 6.20 Å². The Morgan fingerprint density at radius 1 is 1.80 bits per heavy atom. The van der Waals surface area contributed by atoms with E-state index in [9.17, 15) is 4.79 Å². The highest BCUT2D eigenvalue weighted by molar-refractivity contribution is 5.83. The Balaban J connectivity index is 2.18. The molecular formula is C6H7NO3. The molecule has 1 fully saturated rings. The van der Waals surface area contributed by atoms with Gasteiger partial charge < -0.3 is 9.84 Å². The second-order valence-electron chi connectivity index (χ2n) is 2.39. The van der Waals surface area contributed by atoms with E-state index < -0.39 is 0 Å². The summed E-state index contributed by atoms with van der Waals surface area (Å²) >= 11 is 0. The molecule has 2 aliphatic heterocycles. The Morgan fingerprint density at radius 3 is 3.20 bits per heavy atom. The van der Waals surface area contributed by atoms with Crippen LogP contribution < -0.4 is 0 Å². The van der Waals surface area contributed by atoms with Gasteiger partial charge >= 0.3 is 0 Å². The molecule has 54 valence electrons. The summed E-state index contributed by atoms with van der Waals surface area (Å²) in [5, 5.41) is 8.89. The number of β-lactam (4-membered cyclic amide) rings is 1. The Hall–Kier alpha value is -1.03. The van der Waals surface area contributed by atoms with Crippen molar-refractivity contribution in [2.45, 2.75) is 12.6 Å². The normalized spacial score (nSPS) is 30.8. The Bertz CT molecular complexity index is 211. The summed E-state index contributed by atoms with van der Waals surface area (Å²) in [5.41, 5.74) is 0. The first-order valence-corrected chi connectivity index (χ1v) is 3.10. The summed E-state index contributed by atoms with van der Waals surface area (Å²) in [4.78, 5) is 12.1. The van der Waals surface area contributed by atoms with Crippen LogP contribution in [0.5, 0.6) is 0 Å². The van der Waals surface area contributed by atoms with Crippen molar-refractivity contribution in [2.75, 3.05) is 6.61 Å². The van der Waals surface area contributed by atoms with E-state index >= 15 is 0 Å². The molecule has 10 heavy (non-hydrogen) atoms. The molecule has 0 aromatic rings. The molecule has 1 atom stereocenters. The van der Waals surface area contributed by atoms with E-state index in [1.165, 1.54) is 11.1 Å². The Morgan fingerprint density at radius 2 is 2.60 bits per heavy atom. The molecule has 0 saturated carbocycles. The number of amides is 1. The predicted octanol–water partition coefficient (Wildman–Crippen LogP) is -0.0256. The highest BCUT2D eigenvalue weighted by Gasteiger charge is 2.38. The van der Waals surface area contributed by atoms with Gasteiger partial charge in [-0.15, -0.1) is 0 Å². The van der Waals surface area contributed by atoms with Crippen LogP contribution in [0.25, 0.3) is 0 Å². The minimum Gasteiger partial charge on any atom is -0.508 e. The molecule has 0 aromatic heterocycles. The third-order valence-electron chi connectivity index (χ3n) is 1.66. The van der Waals surface area contributed by atoms with E-state index in [0.717, 1.165) is 0 Å². The number of rotatable bonds is 0. The maximum absolute atomic E-state index is 10.7. The number of carbonyl (C=O) groups is 1. The lowest BCUT2D eigenvalue weighted by Crippen LogP contribution is -2.53. The monoisotopic (exact) mass is 141 g/mol. The molecule has 1 amide bonds. The topological polar surface area (TPSA) is 49.8 Å². The fourth-order valence-corrected chi connectivity index (χ4v) is 1.08. The summed E-state index contributed by atoms with van der Waals surface area (Å²) in [5.74, 6) is 0.126. The lowest BCUT2D eigenvalue weighted by molar-refractivity contribution is -0.169. The second-order valence-corrected chi connectivity index (χ2v) is 2.39. The van der Waals surface area contributed by atoms with Crippen molar-refractivity contribution >= 4 is 5.91 Å². The number of aliphatic hydroxyl groups is 1. The standard InChI is InChI=1S/C6H7NO3/c8-4-2-7-5(9)1-6(7)10-3-4/h2,6,8H,1,3H2/t6-/m1/s1. The van der Waals surface area contributed by atoms with Crippen LogP contribution in [0.4, 0.5) is 0 Å². The van der Waals surface area contributed by atoms with Crippen molar-refractivity contribution in [3.05, 3.63) is 12.0 Å². The predicted molar refractivity (Wildman–Crippen MR) is 31.9 cm³/mol. The van der Waals surface area contributed by atoms with Gasteiger partial charge in [-0.3, -0.25) is 9.69 Å². The summed E-state index contributed by atoms with van der Waals surface area (Å²) in [6.45, 7) is 0.231. The van der Waals surface area contributed by atoms with Crippen molar-refractivity contribution in [3.8, 4) is 0 Å². The molecule has 1 N–H and O–H groups in total. The van der Waals surface area contributed by atoms with Gasteiger partial charge in [-0.25, -0.2) is 0 Å². The summed E-state index contributed by atoms with van der Waals surface area (Å²) in [6, 6.07) is 0. The van der Waals surface area contributed by atoms with Crippen LogP contribution in [-0.4, -0.2) is 28.7 Å². The SMILES string of the molecule is O=C1C[C@H]2OCC(O)=CN12. The van der Waals surface area contributed by atoms with Crippen molar-refractivity contribution in [1.82, 2.24) is 4.90 Å². The largest absolute Gasteiger partial charge is 0.508 e. The summed E-state index contributed by atoms with van der Waals surface area (Å²) in [6.07, 6.45) is 1.77. The average molecular weight is 141 g/mol. The number of ether oxygens (including phenoxy) is 1. The molecule has 0 unspecified atom stereocenters. The summed E-state index contributed by atoms with van der Waals surface area (Å²) < 4.78 is 5.05. The average Bonchev–Trinajstić information content (AvgIpc) is 1.92. The van der Waals surface area contributed by atoms with Gasteiger partial charge in [-0.1, -0.05) is 0 Å². The molecule has 1 saturated heterocycles. The smallest absolute Gasteiger partial charge is 0.233 e. The molecule has 0 spiro atoms. The zero-order valence-corrected chi connectivity index (χ0v) is 5.28. The lowest BCUT2D eigenvalue weighted by atomic mass is 10.1. The molecule has 4 nitrogen and oxygen atoms in total. The maximum Gasteiger partial charge on any atom is 0.233 e. The molecule has 0 aromatic carbocycles. The van der Waals surface area contributed by atoms with Crippen LogP contribution >= 0.6 is 0 Å². The molecule has 0 aliphatic carbocycles. The molecule has 2 aliphatic rings. The second kappa shape index (κ2) is 1.73. The summed E-state index contributed by atoms with van der Waals surface area (Å²) in [7, 11) is 0. The number of nitrogens with zero attached hydrogens (tertiary/aromatic N) is 1. The van der Waals surface area contributed by atoms with Gasteiger partial charge in [0.05, 0.1) is 6.42 Å². The fourth-order valence-electron chi connectivity index (χ4n) is 1.08.